The Balaban J connectivity index is 0.00000153. The number of benzene rings is 8. The molecule has 2 nitrogen and oxygen atoms in total. The standard InChI is InChI=1S/C72H84Ge2N2.C6H14/c1-45(2)55-33-23-34-56(46(3)4)67(55)63-41-27-42-64(68-57(47(5)6)35-24-36-58(68)48(7)8)71(63)73-75(53-29-19-17-20-30-53)76(54-31-21-18-22-32-54)74-72-65(69-59(49(9)10)37-25-38-60(69)50(11)12)43-28-44-66(72)70-61(51(13)14)39-26-40-62(70)52(15)16;1-3-5-6-4-2/h17-52H,1-16H3;3-6H2,1-2H3. The Labute approximate surface area is 512 Å². The van der Waals surface area contributed by atoms with Crippen LogP contribution in [0.5, 0.6) is 0 Å². The Bertz CT molecular complexity index is 2820. The molecule has 0 aromatic heterocycles. The van der Waals surface area contributed by atoms with Gasteiger partial charge in [0.05, 0.1) is 0 Å². The molecular weight excluding hydrogens is 1110 g/mol. The number of anilines is 2. The summed E-state index contributed by atoms with van der Waals surface area (Å²) in [6.07, 6.45) is 5.54. The second-order valence-electron chi connectivity index (χ2n) is 25.2. The molecule has 0 amide bonds. The van der Waals surface area contributed by atoms with Crippen LogP contribution in [0.3, 0.4) is 0 Å². The van der Waals surface area contributed by atoms with E-state index in [4.69, 9.17) is 0 Å². The molecule has 0 spiro atoms. The van der Waals surface area contributed by atoms with Crippen molar-refractivity contribution in [1.82, 2.24) is 0 Å². The van der Waals surface area contributed by atoms with E-state index >= 15 is 0 Å². The molecule has 0 heterocycles. The van der Waals surface area contributed by atoms with Gasteiger partial charge in [-0.15, -0.1) is 0 Å². The van der Waals surface area contributed by atoms with Crippen LogP contribution in [0, 0.1) is 0 Å². The molecule has 0 bridgehead atoms. The molecule has 0 aliphatic heterocycles. The van der Waals surface area contributed by atoms with Gasteiger partial charge >= 0.3 is 476 Å². The Morgan fingerprint density at radius 1 is 0.256 bits per heavy atom. The number of unbranched alkanes of at least 4 members (excludes halogenated alkanes) is 3. The zero-order chi connectivity index (χ0) is 59.4. The maximum atomic E-state index is 2.81. The van der Waals surface area contributed by atoms with Gasteiger partial charge in [0.2, 0.25) is 0 Å². The third-order valence-electron chi connectivity index (χ3n) is 16.3. The van der Waals surface area contributed by atoms with E-state index in [-0.39, 0.29) is 0 Å². The Morgan fingerprint density at radius 3 is 0.634 bits per heavy atom. The number of hydrogen-bond acceptors (Lipinski definition) is 2. The van der Waals surface area contributed by atoms with Gasteiger partial charge in [-0.1, -0.05) is 39.5 Å². The van der Waals surface area contributed by atoms with Crippen LogP contribution in [0.2, 0.25) is 0 Å². The minimum absolute atomic E-state index is 0.348. The Kier molecular flexibility index (Phi) is 23.3. The van der Waals surface area contributed by atoms with Gasteiger partial charge in [-0.2, -0.15) is 0 Å². The van der Waals surface area contributed by atoms with Crippen LogP contribution < -0.4 is 16.7 Å². The van der Waals surface area contributed by atoms with Crippen LogP contribution >= 0.6 is 0 Å². The average molecular weight is 1210 g/mol. The van der Waals surface area contributed by atoms with Crippen molar-refractivity contribution in [2.45, 2.75) is 198 Å². The molecule has 8 rings (SSSR count). The predicted octanol–water partition coefficient (Wildman–Crippen LogP) is 22.0. The van der Waals surface area contributed by atoms with Gasteiger partial charge in [0.1, 0.15) is 0 Å². The first-order valence-corrected chi connectivity index (χ1v) is 35.3. The molecule has 0 saturated carbocycles. The van der Waals surface area contributed by atoms with Crippen LogP contribution in [-0.2, 0) is 0 Å². The van der Waals surface area contributed by atoms with Crippen LogP contribution in [-0.4, -0.2) is 31.3 Å². The summed E-state index contributed by atoms with van der Waals surface area (Å²) in [6.45, 7) is 42.5. The van der Waals surface area contributed by atoms with Crippen molar-refractivity contribution in [1.29, 1.82) is 0 Å². The van der Waals surface area contributed by atoms with E-state index in [0.29, 0.717) is 47.3 Å². The van der Waals surface area contributed by atoms with Gasteiger partial charge < -0.3 is 0 Å². The second kappa shape index (κ2) is 29.8. The van der Waals surface area contributed by atoms with Crippen molar-refractivity contribution in [3.63, 3.8) is 0 Å². The zero-order valence-electron chi connectivity index (χ0n) is 53.5. The molecule has 0 unspecified atom stereocenters. The first kappa shape index (κ1) is 64.0. The summed E-state index contributed by atoms with van der Waals surface area (Å²) in [6, 6.07) is 66.0. The van der Waals surface area contributed by atoms with E-state index in [2.05, 4.69) is 302 Å². The number of rotatable bonds is 22. The molecular formula is C78H98Ge2N2. The van der Waals surface area contributed by atoms with Crippen LogP contribution in [0.15, 0.2) is 170 Å². The predicted molar refractivity (Wildman–Crippen MR) is 366 cm³/mol. The fourth-order valence-electron chi connectivity index (χ4n) is 11.9. The Morgan fingerprint density at radius 2 is 0.451 bits per heavy atom. The molecule has 0 aliphatic rings. The third-order valence-corrected chi connectivity index (χ3v) is 23.2. The number of hydrogen-bond donors (Lipinski definition) is 0. The molecule has 4 radical (unpaired) electrons. The van der Waals surface area contributed by atoms with Gasteiger partial charge in [0.25, 0.3) is 0 Å². The summed E-state index contributed by atoms with van der Waals surface area (Å²) in [5.41, 5.74) is 25.0. The topological polar surface area (TPSA) is 6.48 Å². The van der Waals surface area contributed by atoms with Gasteiger partial charge in [0.15, 0.2) is 0 Å². The van der Waals surface area contributed by atoms with Crippen molar-refractivity contribution in [3.05, 3.63) is 214 Å². The van der Waals surface area contributed by atoms with Crippen molar-refractivity contribution in [3.8, 4) is 44.5 Å². The minimum atomic E-state index is -1.24. The monoisotopic (exact) mass is 1210 g/mol. The number of hydrazine groups is 1. The summed E-state index contributed by atoms with van der Waals surface area (Å²) in [4.78, 5) is 0. The van der Waals surface area contributed by atoms with Crippen molar-refractivity contribution in [2.75, 3.05) is 7.93 Å². The van der Waals surface area contributed by atoms with Gasteiger partial charge in [-0.3, -0.25) is 0 Å². The molecule has 8 aromatic rings. The van der Waals surface area contributed by atoms with Gasteiger partial charge in [0, 0.05) is 0 Å². The second-order valence-corrected chi connectivity index (χ2v) is 30.0. The van der Waals surface area contributed by atoms with Crippen LogP contribution in [0.1, 0.15) is 242 Å². The first-order chi connectivity index (χ1) is 39.3. The van der Waals surface area contributed by atoms with Gasteiger partial charge in [-0.25, -0.2) is 0 Å². The average Bonchev–Trinajstić information content (AvgIpc) is 3.49. The SMILES string of the molecule is CC(C)c1cccc(C(C)C)c1-c1cccc(-c2c(C(C)C)cccc2C(C)C)[c]1[Ge][N](c1ccccc1)[N]([Ge][c]1c(-c2c(C(C)C)cccc2C(C)C)cccc1-c1c(C(C)C)cccc1C(C)C)c1ccccc1.CCCCCC. The minimum Gasteiger partial charge on any atom is -0.0654 e. The van der Waals surface area contributed by atoms with Crippen molar-refractivity contribution >= 4 is 51.5 Å². The summed E-state index contributed by atoms with van der Waals surface area (Å²) < 4.78 is 8.59. The number of nitrogens with zero attached hydrogens (tertiary/aromatic N) is 2. The summed E-state index contributed by atoms with van der Waals surface area (Å²) in [5, 5.41) is 0. The van der Waals surface area contributed by atoms with Gasteiger partial charge in [-0.05, 0) is 0 Å². The van der Waals surface area contributed by atoms with Crippen LogP contribution in [0.25, 0.3) is 44.5 Å². The largest absolute Gasteiger partial charge is 0.0654 e. The fraction of sp³-hybridized carbons (Fsp3) is 0.385. The zero-order valence-corrected chi connectivity index (χ0v) is 57.7. The maximum absolute atomic E-state index is 2.81. The van der Waals surface area contributed by atoms with E-state index in [0.717, 1.165) is 0 Å². The molecule has 8 aromatic carbocycles. The molecule has 0 N–H and O–H groups in total. The van der Waals surface area contributed by atoms with Crippen molar-refractivity contribution in [2.24, 2.45) is 0 Å². The summed E-state index contributed by atoms with van der Waals surface area (Å²) >= 11 is -2.49. The first-order valence-electron chi connectivity index (χ1n) is 31.3. The number of para-hydroxylation sites is 2. The van der Waals surface area contributed by atoms with E-state index < -0.39 is 31.3 Å². The van der Waals surface area contributed by atoms with Crippen LogP contribution in [0.4, 0.5) is 11.4 Å². The molecule has 0 fully saturated rings. The third kappa shape index (κ3) is 14.7. The quantitative estimate of drug-likeness (QED) is 0.0379. The fourth-order valence-corrected chi connectivity index (χ4v) is 18.7. The summed E-state index contributed by atoms with van der Waals surface area (Å²) in [7, 11) is 0. The molecule has 0 aliphatic carbocycles. The smallest absolute Gasteiger partial charge is 0.0536 e. The summed E-state index contributed by atoms with van der Waals surface area (Å²) in [5.74, 6) is 2.78. The Hall–Kier alpha value is -5.55. The van der Waals surface area contributed by atoms with Crippen molar-refractivity contribution < 1.29 is 0 Å². The molecule has 0 atom stereocenters. The van der Waals surface area contributed by atoms with E-state index in [1.165, 1.54) is 135 Å². The normalized spacial score (nSPS) is 11.7. The molecule has 428 valence electrons. The molecule has 4 heteroatoms. The van der Waals surface area contributed by atoms with E-state index in [1.54, 1.807) is 0 Å². The van der Waals surface area contributed by atoms with E-state index in [1.807, 2.05) is 0 Å². The van der Waals surface area contributed by atoms with E-state index in [9.17, 15) is 0 Å². The molecule has 0 saturated heterocycles. The maximum Gasteiger partial charge on any atom is -0.0536 e. The molecule has 82 heavy (non-hydrogen) atoms.